The van der Waals surface area contributed by atoms with E-state index in [4.69, 9.17) is 14.2 Å². The number of ether oxygens (including phenoxy) is 3. The van der Waals surface area contributed by atoms with Gasteiger partial charge >= 0.3 is 5.97 Å². The molecule has 25 heavy (non-hydrogen) atoms. The maximum absolute atomic E-state index is 12.3. The van der Waals surface area contributed by atoms with Gasteiger partial charge in [0, 0.05) is 6.92 Å². The van der Waals surface area contributed by atoms with E-state index >= 15 is 0 Å². The second kappa shape index (κ2) is 7.53. The number of carbonyl (C=O) groups excluding carboxylic acids is 2. The van der Waals surface area contributed by atoms with Crippen LogP contribution in [0.3, 0.4) is 0 Å². The van der Waals surface area contributed by atoms with Crippen molar-refractivity contribution in [2.24, 2.45) is 0 Å². The zero-order valence-electron chi connectivity index (χ0n) is 13.7. The Bertz CT molecular complexity index is 814. The SMILES string of the molecule is CC(=O)N/C(=C\c1ccccc1)C(=O)OCc1ccc2c(c1)OCO2. The number of esters is 1. The van der Waals surface area contributed by atoms with Gasteiger partial charge in [0.1, 0.15) is 12.3 Å². The molecule has 0 bridgehead atoms. The summed E-state index contributed by atoms with van der Waals surface area (Å²) in [7, 11) is 0. The summed E-state index contributed by atoms with van der Waals surface area (Å²) in [5, 5.41) is 2.51. The van der Waals surface area contributed by atoms with Crippen molar-refractivity contribution < 1.29 is 23.8 Å². The summed E-state index contributed by atoms with van der Waals surface area (Å²) < 4.78 is 15.8. The van der Waals surface area contributed by atoms with Crippen molar-refractivity contribution in [1.82, 2.24) is 5.32 Å². The van der Waals surface area contributed by atoms with E-state index < -0.39 is 5.97 Å². The highest BCUT2D eigenvalue weighted by Gasteiger charge is 2.16. The van der Waals surface area contributed by atoms with Crippen molar-refractivity contribution >= 4 is 18.0 Å². The topological polar surface area (TPSA) is 73.9 Å². The van der Waals surface area contributed by atoms with Crippen molar-refractivity contribution in [1.29, 1.82) is 0 Å². The minimum Gasteiger partial charge on any atom is -0.456 e. The van der Waals surface area contributed by atoms with E-state index in [0.717, 1.165) is 11.1 Å². The molecule has 1 N–H and O–H groups in total. The zero-order valence-corrected chi connectivity index (χ0v) is 13.7. The van der Waals surface area contributed by atoms with Gasteiger partial charge in [0.15, 0.2) is 11.5 Å². The Kier molecular flexibility index (Phi) is 4.99. The molecule has 6 nitrogen and oxygen atoms in total. The van der Waals surface area contributed by atoms with E-state index in [2.05, 4.69) is 5.32 Å². The third kappa shape index (κ3) is 4.38. The first-order chi connectivity index (χ1) is 12.1. The summed E-state index contributed by atoms with van der Waals surface area (Å²) >= 11 is 0. The van der Waals surface area contributed by atoms with Crippen LogP contribution in [0, 0.1) is 0 Å². The third-order valence-electron chi connectivity index (χ3n) is 3.45. The molecule has 0 atom stereocenters. The third-order valence-corrected chi connectivity index (χ3v) is 3.45. The van der Waals surface area contributed by atoms with Gasteiger partial charge in [-0.25, -0.2) is 4.79 Å². The Labute approximate surface area is 145 Å². The van der Waals surface area contributed by atoms with Crippen LogP contribution in [0.5, 0.6) is 11.5 Å². The summed E-state index contributed by atoms with van der Waals surface area (Å²) in [6, 6.07) is 14.5. The fourth-order valence-electron chi connectivity index (χ4n) is 2.31. The highest BCUT2D eigenvalue weighted by Crippen LogP contribution is 2.32. The lowest BCUT2D eigenvalue weighted by Gasteiger charge is -2.09. The summed E-state index contributed by atoms with van der Waals surface area (Å²) in [6.07, 6.45) is 1.57. The Morgan fingerprint density at radius 3 is 2.64 bits per heavy atom. The Morgan fingerprint density at radius 1 is 1.12 bits per heavy atom. The molecule has 1 heterocycles. The molecule has 0 saturated heterocycles. The number of benzene rings is 2. The van der Waals surface area contributed by atoms with Crippen molar-refractivity contribution in [2.75, 3.05) is 6.79 Å². The van der Waals surface area contributed by atoms with Crippen LogP contribution in [0.2, 0.25) is 0 Å². The highest BCUT2D eigenvalue weighted by atomic mass is 16.7. The van der Waals surface area contributed by atoms with Crippen molar-refractivity contribution in [2.45, 2.75) is 13.5 Å². The molecule has 3 rings (SSSR count). The number of carbonyl (C=O) groups is 2. The van der Waals surface area contributed by atoms with Gasteiger partial charge in [0.25, 0.3) is 0 Å². The van der Waals surface area contributed by atoms with Crippen LogP contribution in [0.4, 0.5) is 0 Å². The molecule has 128 valence electrons. The van der Waals surface area contributed by atoms with E-state index in [1.54, 1.807) is 24.3 Å². The number of amides is 1. The van der Waals surface area contributed by atoms with E-state index in [1.807, 2.05) is 30.3 Å². The quantitative estimate of drug-likeness (QED) is 0.670. The molecular formula is C19H17NO5. The summed E-state index contributed by atoms with van der Waals surface area (Å²) in [4.78, 5) is 23.7. The van der Waals surface area contributed by atoms with Gasteiger partial charge in [-0.2, -0.15) is 0 Å². The van der Waals surface area contributed by atoms with Gasteiger partial charge in [-0.1, -0.05) is 36.4 Å². The molecule has 0 saturated carbocycles. The molecule has 1 aliphatic rings. The monoisotopic (exact) mass is 339 g/mol. The minimum atomic E-state index is -0.614. The highest BCUT2D eigenvalue weighted by molar-refractivity contribution is 5.97. The van der Waals surface area contributed by atoms with E-state index in [9.17, 15) is 9.59 Å². The number of hydrogen-bond donors (Lipinski definition) is 1. The number of hydrogen-bond acceptors (Lipinski definition) is 5. The molecule has 2 aromatic rings. The van der Waals surface area contributed by atoms with E-state index in [1.165, 1.54) is 6.92 Å². The molecule has 0 radical (unpaired) electrons. The number of fused-ring (bicyclic) bond motifs is 1. The molecule has 0 unspecified atom stereocenters. The number of nitrogens with one attached hydrogen (secondary N) is 1. The average molecular weight is 339 g/mol. The summed E-state index contributed by atoms with van der Waals surface area (Å²) in [5.74, 6) is 0.326. The molecule has 0 fully saturated rings. The van der Waals surface area contributed by atoms with Gasteiger partial charge < -0.3 is 19.5 Å². The fraction of sp³-hybridized carbons (Fsp3) is 0.158. The van der Waals surface area contributed by atoms with Gasteiger partial charge in [-0.05, 0) is 29.3 Å². The average Bonchev–Trinajstić information content (AvgIpc) is 3.07. The predicted molar refractivity (Wildman–Crippen MR) is 90.6 cm³/mol. The first-order valence-corrected chi connectivity index (χ1v) is 7.72. The second-order valence-electron chi connectivity index (χ2n) is 5.41. The lowest BCUT2D eigenvalue weighted by molar-refractivity contribution is -0.141. The molecule has 0 spiro atoms. The molecular weight excluding hydrogens is 322 g/mol. The first-order valence-electron chi connectivity index (χ1n) is 7.72. The van der Waals surface area contributed by atoms with Crippen molar-refractivity contribution in [3.8, 4) is 11.5 Å². The predicted octanol–water partition coefficient (Wildman–Crippen LogP) is 2.64. The first kappa shape index (κ1) is 16.6. The largest absolute Gasteiger partial charge is 0.456 e. The van der Waals surface area contributed by atoms with Gasteiger partial charge in [0.05, 0.1) is 0 Å². The Hall–Kier alpha value is -3.28. The van der Waals surface area contributed by atoms with Crippen molar-refractivity contribution in [3.05, 3.63) is 65.4 Å². The van der Waals surface area contributed by atoms with Gasteiger partial charge in [-0.15, -0.1) is 0 Å². The van der Waals surface area contributed by atoms with Crippen molar-refractivity contribution in [3.63, 3.8) is 0 Å². The molecule has 6 heteroatoms. The standard InChI is InChI=1S/C19H17NO5/c1-13(21)20-16(9-14-5-3-2-4-6-14)19(22)23-11-15-7-8-17-18(10-15)25-12-24-17/h2-10H,11-12H2,1H3,(H,20,21)/b16-9-. The maximum Gasteiger partial charge on any atom is 0.355 e. The molecule has 1 aliphatic heterocycles. The maximum atomic E-state index is 12.3. The summed E-state index contributed by atoms with van der Waals surface area (Å²) in [5.41, 5.74) is 1.63. The lowest BCUT2D eigenvalue weighted by Crippen LogP contribution is -2.26. The van der Waals surface area contributed by atoms with Crippen LogP contribution in [-0.4, -0.2) is 18.7 Å². The Morgan fingerprint density at radius 2 is 1.88 bits per heavy atom. The lowest BCUT2D eigenvalue weighted by atomic mass is 10.2. The van der Waals surface area contributed by atoms with Gasteiger partial charge in [0.2, 0.25) is 12.7 Å². The van der Waals surface area contributed by atoms with Crippen LogP contribution < -0.4 is 14.8 Å². The normalized spacial score (nSPS) is 12.6. The second-order valence-corrected chi connectivity index (χ2v) is 5.41. The minimum absolute atomic E-state index is 0.0567. The molecule has 0 aromatic heterocycles. The van der Waals surface area contributed by atoms with Crippen LogP contribution in [0.1, 0.15) is 18.1 Å². The summed E-state index contributed by atoms with van der Waals surface area (Å²) in [6.45, 7) is 1.58. The molecule has 2 aromatic carbocycles. The van der Waals surface area contributed by atoms with Crippen LogP contribution in [0.15, 0.2) is 54.2 Å². The Balaban J connectivity index is 1.70. The van der Waals surface area contributed by atoms with Crippen LogP contribution >= 0.6 is 0 Å². The van der Waals surface area contributed by atoms with Gasteiger partial charge in [-0.3, -0.25) is 4.79 Å². The van der Waals surface area contributed by atoms with Crippen LogP contribution in [-0.2, 0) is 20.9 Å². The molecule has 0 aliphatic carbocycles. The van der Waals surface area contributed by atoms with E-state index in [0.29, 0.717) is 11.5 Å². The smallest absolute Gasteiger partial charge is 0.355 e. The fourth-order valence-corrected chi connectivity index (χ4v) is 2.31. The zero-order chi connectivity index (χ0) is 17.6. The van der Waals surface area contributed by atoms with Crippen LogP contribution in [0.25, 0.3) is 6.08 Å². The molecule has 1 amide bonds. The van der Waals surface area contributed by atoms with E-state index in [-0.39, 0.29) is 25.0 Å². The number of rotatable bonds is 5.